The largest absolute Gasteiger partial charge is 0.341 e. The molecule has 1 heterocycles. The maximum absolute atomic E-state index is 12.9. The molecule has 1 aliphatic rings. The van der Waals surface area contributed by atoms with Crippen molar-refractivity contribution in [3.63, 3.8) is 0 Å². The van der Waals surface area contributed by atoms with Gasteiger partial charge in [-0.15, -0.1) is 0 Å². The number of benzene rings is 1. The molecule has 0 N–H and O–H groups in total. The van der Waals surface area contributed by atoms with E-state index >= 15 is 0 Å². The summed E-state index contributed by atoms with van der Waals surface area (Å²) in [4.78, 5) is 15.7. The zero-order valence-electron chi connectivity index (χ0n) is 12.3. The Kier molecular flexibility index (Phi) is 5.12. The van der Waals surface area contributed by atoms with Gasteiger partial charge in [-0.25, -0.2) is 4.39 Å². The molecule has 1 fully saturated rings. The molecule has 0 aromatic heterocycles. The average Bonchev–Trinajstić information content (AvgIpc) is 2.82. The highest BCUT2D eigenvalue weighted by atomic mass is 19.1. The van der Waals surface area contributed by atoms with Crippen LogP contribution in [0.1, 0.15) is 31.2 Å². The highest BCUT2D eigenvalue weighted by Crippen LogP contribution is 2.16. The topological polar surface area (TPSA) is 23.6 Å². The zero-order chi connectivity index (χ0) is 14.5. The van der Waals surface area contributed by atoms with Crippen molar-refractivity contribution < 1.29 is 9.18 Å². The first-order valence-electron chi connectivity index (χ1n) is 7.28. The molecular weight excluding hydrogens is 255 g/mol. The van der Waals surface area contributed by atoms with Gasteiger partial charge in [0.2, 0.25) is 5.91 Å². The number of likely N-dealkylation sites (N-methyl/N-ethyl adjacent to an activating group) is 1. The molecule has 20 heavy (non-hydrogen) atoms. The van der Waals surface area contributed by atoms with E-state index in [1.54, 1.807) is 0 Å². The summed E-state index contributed by atoms with van der Waals surface area (Å²) in [6.07, 6.45) is 1.70. The van der Waals surface area contributed by atoms with Gasteiger partial charge in [-0.05, 0) is 37.1 Å². The van der Waals surface area contributed by atoms with Crippen molar-refractivity contribution in [2.75, 3.05) is 33.2 Å². The molecule has 1 aromatic rings. The minimum Gasteiger partial charge on any atom is -0.341 e. The van der Waals surface area contributed by atoms with E-state index < -0.39 is 0 Å². The Hall–Kier alpha value is -1.42. The summed E-state index contributed by atoms with van der Waals surface area (Å²) in [7, 11) is 2.07. The zero-order valence-corrected chi connectivity index (χ0v) is 12.3. The summed E-state index contributed by atoms with van der Waals surface area (Å²) in [5.74, 6) is 0.446. The van der Waals surface area contributed by atoms with Gasteiger partial charge < -0.3 is 9.80 Å². The van der Waals surface area contributed by atoms with Gasteiger partial charge in [-0.2, -0.15) is 0 Å². The fourth-order valence-corrected chi connectivity index (χ4v) is 2.69. The van der Waals surface area contributed by atoms with Crippen LogP contribution in [-0.4, -0.2) is 48.9 Å². The van der Waals surface area contributed by atoms with Crippen molar-refractivity contribution in [3.8, 4) is 0 Å². The highest BCUT2D eigenvalue weighted by Gasteiger charge is 2.20. The van der Waals surface area contributed by atoms with Gasteiger partial charge in [0.15, 0.2) is 0 Å². The first-order chi connectivity index (χ1) is 9.56. The van der Waals surface area contributed by atoms with E-state index in [1.807, 2.05) is 17.0 Å². The van der Waals surface area contributed by atoms with Crippen LogP contribution >= 0.6 is 0 Å². The average molecular weight is 278 g/mol. The van der Waals surface area contributed by atoms with E-state index in [-0.39, 0.29) is 11.7 Å². The predicted octanol–water partition coefficient (Wildman–Crippen LogP) is 2.48. The molecule has 1 atom stereocenters. The molecule has 0 bridgehead atoms. The lowest BCUT2D eigenvalue weighted by molar-refractivity contribution is -0.127. The van der Waals surface area contributed by atoms with Gasteiger partial charge in [-0.1, -0.05) is 19.1 Å². The summed E-state index contributed by atoms with van der Waals surface area (Å²) >= 11 is 0. The van der Waals surface area contributed by atoms with E-state index in [0.717, 1.165) is 38.2 Å². The molecule has 1 unspecified atom stereocenters. The summed E-state index contributed by atoms with van der Waals surface area (Å²) in [5, 5.41) is 0. The summed E-state index contributed by atoms with van der Waals surface area (Å²) in [5.41, 5.74) is 1.15. The molecular formula is C16H23FN2O. The van der Waals surface area contributed by atoms with Crippen LogP contribution in [-0.2, 0) is 4.79 Å². The van der Waals surface area contributed by atoms with Gasteiger partial charge in [0.05, 0.1) is 0 Å². The van der Waals surface area contributed by atoms with Crippen LogP contribution in [0.5, 0.6) is 0 Å². The van der Waals surface area contributed by atoms with Crippen molar-refractivity contribution in [2.24, 2.45) is 0 Å². The second-order valence-corrected chi connectivity index (χ2v) is 5.70. The van der Waals surface area contributed by atoms with Gasteiger partial charge >= 0.3 is 0 Å². The molecule has 4 heteroatoms. The fraction of sp³-hybridized carbons (Fsp3) is 0.562. The van der Waals surface area contributed by atoms with Crippen molar-refractivity contribution >= 4 is 5.91 Å². The van der Waals surface area contributed by atoms with Crippen molar-refractivity contribution in [2.45, 2.75) is 25.7 Å². The quantitative estimate of drug-likeness (QED) is 0.798. The van der Waals surface area contributed by atoms with E-state index in [9.17, 15) is 9.18 Å². The van der Waals surface area contributed by atoms with Crippen molar-refractivity contribution in [3.05, 3.63) is 35.6 Å². The number of rotatable bonds is 6. The number of carbonyl (C=O) groups excluding carboxylic acids is 1. The van der Waals surface area contributed by atoms with Crippen LogP contribution in [0.3, 0.4) is 0 Å². The van der Waals surface area contributed by atoms with Crippen LogP contribution in [0.4, 0.5) is 4.39 Å². The molecule has 0 aliphatic carbocycles. The monoisotopic (exact) mass is 278 g/mol. The minimum atomic E-state index is -0.193. The number of hydrogen-bond acceptors (Lipinski definition) is 2. The minimum absolute atomic E-state index is 0.193. The number of likely N-dealkylation sites (tertiary alicyclic amines) is 1. The van der Waals surface area contributed by atoms with Crippen molar-refractivity contribution in [1.82, 2.24) is 9.80 Å². The van der Waals surface area contributed by atoms with E-state index in [2.05, 4.69) is 18.9 Å². The lowest BCUT2D eigenvalue weighted by Crippen LogP contribution is -2.35. The number of halogens is 1. The molecule has 2 rings (SSSR count). The first kappa shape index (κ1) is 15.0. The molecule has 110 valence electrons. The van der Waals surface area contributed by atoms with Gasteiger partial charge in [0.25, 0.3) is 0 Å². The third-order valence-electron chi connectivity index (χ3n) is 3.95. The van der Waals surface area contributed by atoms with Crippen LogP contribution in [0.25, 0.3) is 0 Å². The number of nitrogens with zero attached hydrogens (tertiary/aromatic N) is 2. The Labute approximate surface area is 120 Å². The maximum Gasteiger partial charge on any atom is 0.222 e. The third kappa shape index (κ3) is 4.04. The molecule has 1 aliphatic heterocycles. The first-order valence-corrected chi connectivity index (χ1v) is 7.28. The van der Waals surface area contributed by atoms with Gasteiger partial charge in [-0.3, -0.25) is 4.79 Å². The smallest absolute Gasteiger partial charge is 0.222 e. The van der Waals surface area contributed by atoms with Crippen LogP contribution < -0.4 is 0 Å². The van der Waals surface area contributed by atoms with Crippen LogP contribution in [0.2, 0.25) is 0 Å². The van der Waals surface area contributed by atoms with Crippen LogP contribution in [0.15, 0.2) is 24.3 Å². The normalized spacial score (nSPS) is 17.0. The van der Waals surface area contributed by atoms with E-state index in [0.29, 0.717) is 12.3 Å². The lowest BCUT2D eigenvalue weighted by Gasteiger charge is -2.24. The fourth-order valence-electron chi connectivity index (χ4n) is 2.69. The molecule has 0 radical (unpaired) electrons. The third-order valence-corrected chi connectivity index (χ3v) is 3.95. The molecule has 1 aromatic carbocycles. The summed E-state index contributed by atoms with van der Waals surface area (Å²) in [6.45, 7) is 5.65. The predicted molar refractivity (Wildman–Crippen MR) is 78.1 cm³/mol. The Morgan fingerprint density at radius 2 is 2.05 bits per heavy atom. The lowest BCUT2D eigenvalue weighted by atomic mass is 10.0. The number of amides is 1. The molecule has 3 nitrogen and oxygen atoms in total. The second kappa shape index (κ2) is 6.84. The number of carbonyl (C=O) groups is 1. The molecule has 0 saturated carbocycles. The van der Waals surface area contributed by atoms with Gasteiger partial charge in [0.1, 0.15) is 5.82 Å². The van der Waals surface area contributed by atoms with E-state index in [1.165, 1.54) is 12.1 Å². The van der Waals surface area contributed by atoms with E-state index in [4.69, 9.17) is 0 Å². The molecule has 1 saturated heterocycles. The SMILES string of the molecule is CC(CN(C)CCN1CCCC1=O)c1ccc(F)cc1. The Morgan fingerprint density at radius 3 is 2.65 bits per heavy atom. The standard InChI is InChI=1S/C16H23FN2O/c1-13(14-5-7-15(17)8-6-14)12-18(2)10-11-19-9-3-4-16(19)20/h5-8,13H,3-4,9-12H2,1-2H3. The molecule has 1 amide bonds. The Morgan fingerprint density at radius 1 is 1.35 bits per heavy atom. The Balaban J connectivity index is 1.77. The Bertz CT molecular complexity index is 446. The summed E-state index contributed by atoms with van der Waals surface area (Å²) < 4.78 is 12.9. The highest BCUT2D eigenvalue weighted by molar-refractivity contribution is 5.78. The van der Waals surface area contributed by atoms with Gasteiger partial charge in [0, 0.05) is 32.6 Å². The summed E-state index contributed by atoms with van der Waals surface area (Å²) in [6, 6.07) is 6.71. The number of hydrogen-bond donors (Lipinski definition) is 0. The van der Waals surface area contributed by atoms with Crippen molar-refractivity contribution in [1.29, 1.82) is 0 Å². The maximum atomic E-state index is 12.9. The van der Waals surface area contributed by atoms with Crippen LogP contribution in [0, 0.1) is 5.82 Å². The molecule has 0 spiro atoms. The second-order valence-electron chi connectivity index (χ2n) is 5.70.